The van der Waals surface area contributed by atoms with Gasteiger partial charge >= 0.3 is 5.97 Å². The molecule has 1 amide bonds. The topological polar surface area (TPSA) is 79.3 Å². The first-order valence-electron chi connectivity index (χ1n) is 8.39. The predicted molar refractivity (Wildman–Crippen MR) is 94.1 cm³/mol. The molecule has 0 spiro atoms. The second kappa shape index (κ2) is 6.59. The highest BCUT2D eigenvalue weighted by molar-refractivity contribution is 6.04. The van der Waals surface area contributed by atoms with Crippen LogP contribution in [0.25, 0.3) is 0 Å². The van der Waals surface area contributed by atoms with Crippen LogP contribution in [0.1, 0.15) is 20.7 Å². The molecular formula is C19H18N2O5. The number of fused-ring (bicyclic) bond motifs is 1. The summed E-state index contributed by atoms with van der Waals surface area (Å²) in [6.45, 7) is 2.63. The maximum Gasteiger partial charge on any atom is 0.336 e. The molecule has 1 fully saturated rings. The maximum atomic E-state index is 12.7. The number of anilines is 1. The predicted octanol–water partition coefficient (Wildman–Crippen LogP) is 2.08. The SMILES string of the molecule is O=C(O)c1ccccc1C(=O)N1CCN(c2ccc3c(c2)OCO3)CC1. The highest BCUT2D eigenvalue weighted by atomic mass is 16.7. The summed E-state index contributed by atoms with van der Waals surface area (Å²) in [4.78, 5) is 27.9. The Bertz CT molecular complexity index is 859. The summed E-state index contributed by atoms with van der Waals surface area (Å²) in [6, 6.07) is 12.1. The lowest BCUT2D eigenvalue weighted by molar-refractivity contribution is 0.0673. The average molecular weight is 354 g/mol. The second-order valence-electron chi connectivity index (χ2n) is 6.17. The lowest BCUT2D eigenvalue weighted by Crippen LogP contribution is -2.49. The van der Waals surface area contributed by atoms with Gasteiger partial charge in [-0.3, -0.25) is 4.79 Å². The molecule has 1 saturated heterocycles. The quantitative estimate of drug-likeness (QED) is 0.909. The van der Waals surface area contributed by atoms with E-state index >= 15 is 0 Å². The first kappa shape index (κ1) is 16.3. The molecule has 0 aromatic heterocycles. The molecule has 2 heterocycles. The Kier molecular flexibility index (Phi) is 4.12. The van der Waals surface area contributed by atoms with Crippen molar-refractivity contribution in [1.82, 2.24) is 4.90 Å². The zero-order valence-corrected chi connectivity index (χ0v) is 14.1. The number of piperazine rings is 1. The van der Waals surface area contributed by atoms with Crippen LogP contribution in [0.2, 0.25) is 0 Å². The maximum absolute atomic E-state index is 12.7. The Balaban J connectivity index is 1.45. The molecule has 0 saturated carbocycles. The van der Waals surface area contributed by atoms with Crippen molar-refractivity contribution in [2.75, 3.05) is 37.9 Å². The van der Waals surface area contributed by atoms with Crippen LogP contribution in [0.3, 0.4) is 0 Å². The molecule has 0 bridgehead atoms. The summed E-state index contributed by atoms with van der Waals surface area (Å²) >= 11 is 0. The van der Waals surface area contributed by atoms with Gasteiger partial charge in [-0.15, -0.1) is 0 Å². The van der Waals surface area contributed by atoms with Crippen molar-refractivity contribution in [3.8, 4) is 11.5 Å². The fraction of sp³-hybridized carbons (Fsp3) is 0.263. The zero-order valence-electron chi connectivity index (χ0n) is 14.1. The van der Waals surface area contributed by atoms with Gasteiger partial charge in [-0.2, -0.15) is 0 Å². The molecule has 7 nitrogen and oxygen atoms in total. The van der Waals surface area contributed by atoms with Crippen LogP contribution in [-0.4, -0.2) is 54.9 Å². The van der Waals surface area contributed by atoms with Crippen LogP contribution >= 0.6 is 0 Å². The normalized spacial score (nSPS) is 15.8. The number of nitrogens with zero attached hydrogens (tertiary/aromatic N) is 2. The van der Waals surface area contributed by atoms with Gasteiger partial charge in [0.1, 0.15) is 0 Å². The Morgan fingerprint density at radius 2 is 1.58 bits per heavy atom. The van der Waals surface area contributed by atoms with Gasteiger partial charge in [0.25, 0.3) is 5.91 Å². The first-order valence-corrected chi connectivity index (χ1v) is 8.39. The van der Waals surface area contributed by atoms with Crippen LogP contribution in [0, 0.1) is 0 Å². The second-order valence-corrected chi connectivity index (χ2v) is 6.17. The Morgan fingerprint density at radius 3 is 2.31 bits per heavy atom. The van der Waals surface area contributed by atoms with E-state index in [-0.39, 0.29) is 23.8 Å². The van der Waals surface area contributed by atoms with Crippen LogP contribution in [0.15, 0.2) is 42.5 Å². The summed E-state index contributed by atoms with van der Waals surface area (Å²) in [6.07, 6.45) is 0. The fourth-order valence-electron chi connectivity index (χ4n) is 3.28. The Hall–Kier alpha value is -3.22. The highest BCUT2D eigenvalue weighted by Gasteiger charge is 2.26. The largest absolute Gasteiger partial charge is 0.478 e. The molecule has 1 N–H and O–H groups in total. The van der Waals surface area contributed by atoms with E-state index in [1.165, 1.54) is 6.07 Å². The van der Waals surface area contributed by atoms with Crippen LogP contribution in [-0.2, 0) is 0 Å². The van der Waals surface area contributed by atoms with Gasteiger partial charge in [0.15, 0.2) is 11.5 Å². The van der Waals surface area contributed by atoms with Crippen LogP contribution in [0.5, 0.6) is 11.5 Å². The van der Waals surface area contributed by atoms with Crippen molar-refractivity contribution in [1.29, 1.82) is 0 Å². The van der Waals surface area contributed by atoms with Gasteiger partial charge < -0.3 is 24.4 Å². The van der Waals surface area contributed by atoms with E-state index in [0.717, 1.165) is 17.2 Å². The zero-order chi connectivity index (χ0) is 18.1. The van der Waals surface area contributed by atoms with E-state index in [4.69, 9.17) is 9.47 Å². The van der Waals surface area contributed by atoms with E-state index in [1.807, 2.05) is 18.2 Å². The van der Waals surface area contributed by atoms with Gasteiger partial charge in [0.05, 0.1) is 11.1 Å². The van der Waals surface area contributed by atoms with Crippen LogP contribution in [0.4, 0.5) is 5.69 Å². The van der Waals surface area contributed by atoms with Gasteiger partial charge in [-0.05, 0) is 24.3 Å². The summed E-state index contributed by atoms with van der Waals surface area (Å²) in [7, 11) is 0. The van der Waals surface area contributed by atoms with Crippen molar-refractivity contribution >= 4 is 17.6 Å². The van der Waals surface area contributed by atoms with Gasteiger partial charge in [-0.1, -0.05) is 12.1 Å². The number of benzene rings is 2. The van der Waals surface area contributed by atoms with Crippen molar-refractivity contribution in [2.24, 2.45) is 0 Å². The molecule has 2 aliphatic rings. The standard InChI is InChI=1S/C19H18N2O5/c22-18(14-3-1-2-4-15(14)19(23)24)21-9-7-20(8-10-21)13-5-6-16-17(11-13)26-12-25-16/h1-6,11H,7-10,12H2,(H,23,24). The molecule has 2 aromatic carbocycles. The molecule has 7 heteroatoms. The summed E-state index contributed by atoms with van der Waals surface area (Å²) in [5.41, 5.74) is 1.29. The minimum absolute atomic E-state index is 0.0377. The average Bonchev–Trinajstić information content (AvgIpc) is 3.15. The molecule has 134 valence electrons. The smallest absolute Gasteiger partial charge is 0.336 e. The third kappa shape index (κ3) is 2.92. The number of amides is 1. The fourth-order valence-corrected chi connectivity index (χ4v) is 3.28. The minimum Gasteiger partial charge on any atom is -0.478 e. The molecule has 4 rings (SSSR count). The van der Waals surface area contributed by atoms with Gasteiger partial charge in [0, 0.05) is 37.9 Å². The molecular weight excluding hydrogens is 336 g/mol. The highest BCUT2D eigenvalue weighted by Crippen LogP contribution is 2.35. The van der Waals surface area contributed by atoms with Gasteiger partial charge in [-0.25, -0.2) is 4.79 Å². The Morgan fingerprint density at radius 1 is 0.885 bits per heavy atom. The van der Waals surface area contributed by atoms with Crippen molar-refractivity contribution in [3.05, 3.63) is 53.6 Å². The number of hydrogen-bond donors (Lipinski definition) is 1. The number of hydrogen-bond acceptors (Lipinski definition) is 5. The number of carboxylic acid groups (broad SMARTS) is 1. The van der Waals surface area contributed by atoms with E-state index in [1.54, 1.807) is 23.1 Å². The van der Waals surface area contributed by atoms with E-state index < -0.39 is 5.97 Å². The van der Waals surface area contributed by atoms with Gasteiger partial charge in [0.2, 0.25) is 6.79 Å². The third-order valence-corrected chi connectivity index (χ3v) is 4.68. The minimum atomic E-state index is -1.09. The number of ether oxygens (including phenoxy) is 2. The van der Waals surface area contributed by atoms with Crippen LogP contribution < -0.4 is 14.4 Å². The molecule has 2 aromatic rings. The molecule has 26 heavy (non-hydrogen) atoms. The van der Waals surface area contributed by atoms with E-state index in [2.05, 4.69) is 4.90 Å². The first-order chi connectivity index (χ1) is 12.6. The lowest BCUT2D eigenvalue weighted by Gasteiger charge is -2.36. The monoisotopic (exact) mass is 354 g/mol. The lowest BCUT2D eigenvalue weighted by atomic mass is 10.1. The summed E-state index contributed by atoms with van der Waals surface area (Å²) < 4.78 is 10.7. The summed E-state index contributed by atoms with van der Waals surface area (Å²) in [5.74, 6) is 0.144. The number of carbonyl (C=O) groups is 2. The number of rotatable bonds is 3. The molecule has 0 unspecified atom stereocenters. The number of aromatic carboxylic acids is 1. The number of carboxylic acids is 1. The van der Waals surface area contributed by atoms with Crippen molar-refractivity contribution in [2.45, 2.75) is 0 Å². The Labute approximate surface area is 150 Å². The van der Waals surface area contributed by atoms with E-state index in [0.29, 0.717) is 26.2 Å². The van der Waals surface area contributed by atoms with E-state index in [9.17, 15) is 14.7 Å². The number of carbonyl (C=O) groups excluding carboxylic acids is 1. The summed E-state index contributed by atoms with van der Waals surface area (Å²) in [5, 5.41) is 9.28. The molecule has 0 atom stereocenters. The molecule has 2 aliphatic heterocycles. The molecule has 0 aliphatic carbocycles. The van der Waals surface area contributed by atoms with Crippen molar-refractivity contribution < 1.29 is 24.2 Å². The van der Waals surface area contributed by atoms with Crippen molar-refractivity contribution in [3.63, 3.8) is 0 Å². The molecule has 0 radical (unpaired) electrons. The third-order valence-electron chi connectivity index (χ3n) is 4.68.